The van der Waals surface area contributed by atoms with Crippen molar-refractivity contribution in [2.24, 2.45) is 0 Å². The first kappa shape index (κ1) is 16.6. The number of nitrogens with one attached hydrogen (secondary N) is 1. The first-order valence-corrected chi connectivity index (χ1v) is 8.81. The van der Waals surface area contributed by atoms with E-state index >= 15 is 0 Å². The van der Waals surface area contributed by atoms with Crippen LogP contribution in [0.4, 0.5) is 0 Å². The van der Waals surface area contributed by atoms with Crippen molar-refractivity contribution in [3.8, 4) is 5.75 Å². The van der Waals surface area contributed by atoms with Gasteiger partial charge in [0.15, 0.2) is 0 Å². The molecule has 24 heavy (non-hydrogen) atoms. The molecule has 2 aromatic rings. The fourth-order valence-corrected chi connectivity index (χ4v) is 3.20. The first-order chi connectivity index (χ1) is 11.7. The lowest BCUT2D eigenvalue weighted by Gasteiger charge is -2.16. The fraction of sp³-hybridized carbons (Fsp3) is 0.381. The van der Waals surface area contributed by atoms with Crippen LogP contribution in [0.2, 0.25) is 0 Å². The molecule has 126 valence electrons. The Kier molecular flexibility index (Phi) is 5.52. The van der Waals surface area contributed by atoms with Gasteiger partial charge in [0.2, 0.25) is 5.91 Å². The molecular formula is C21H25NO2. The predicted octanol–water partition coefficient (Wildman–Crippen LogP) is 4.21. The molecule has 1 amide bonds. The van der Waals surface area contributed by atoms with Crippen LogP contribution < -0.4 is 10.1 Å². The molecule has 3 nitrogen and oxygen atoms in total. The van der Waals surface area contributed by atoms with Gasteiger partial charge in [0.1, 0.15) is 5.75 Å². The van der Waals surface area contributed by atoms with Crippen molar-refractivity contribution in [3.05, 3.63) is 65.2 Å². The van der Waals surface area contributed by atoms with Crippen LogP contribution in [0.25, 0.3) is 0 Å². The van der Waals surface area contributed by atoms with Gasteiger partial charge in [0.25, 0.3) is 0 Å². The molecule has 1 aliphatic rings. The van der Waals surface area contributed by atoms with Crippen molar-refractivity contribution < 1.29 is 9.53 Å². The zero-order chi connectivity index (χ0) is 16.8. The van der Waals surface area contributed by atoms with Crippen LogP contribution in [0, 0.1) is 0 Å². The second-order valence-electron chi connectivity index (χ2n) is 6.44. The average molecular weight is 323 g/mol. The third-order valence-electron chi connectivity index (χ3n) is 4.56. The van der Waals surface area contributed by atoms with Crippen molar-refractivity contribution in [2.45, 2.75) is 45.1 Å². The van der Waals surface area contributed by atoms with Gasteiger partial charge in [-0.05, 0) is 61.4 Å². The number of amides is 1. The van der Waals surface area contributed by atoms with Crippen LogP contribution in [-0.2, 0) is 17.6 Å². The summed E-state index contributed by atoms with van der Waals surface area (Å²) >= 11 is 0. The number of ether oxygens (including phenoxy) is 1. The van der Waals surface area contributed by atoms with Gasteiger partial charge in [0.05, 0.1) is 12.6 Å². The Morgan fingerprint density at radius 1 is 1.12 bits per heavy atom. The monoisotopic (exact) mass is 323 g/mol. The van der Waals surface area contributed by atoms with Crippen LogP contribution in [-0.4, -0.2) is 12.5 Å². The summed E-state index contributed by atoms with van der Waals surface area (Å²) in [4.78, 5) is 12.1. The van der Waals surface area contributed by atoms with Gasteiger partial charge in [-0.3, -0.25) is 4.79 Å². The summed E-state index contributed by atoms with van der Waals surface area (Å²) in [7, 11) is 0. The zero-order valence-electron chi connectivity index (χ0n) is 14.3. The Morgan fingerprint density at radius 2 is 1.92 bits per heavy atom. The van der Waals surface area contributed by atoms with Crippen LogP contribution in [0.3, 0.4) is 0 Å². The highest BCUT2D eigenvalue weighted by Gasteiger charge is 2.14. The van der Waals surface area contributed by atoms with Crippen LogP contribution >= 0.6 is 0 Å². The molecule has 3 rings (SSSR count). The minimum absolute atomic E-state index is 0.0541. The number of hydrogen-bond acceptors (Lipinski definition) is 2. The molecule has 1 N–H and O–H groups in total. The molecular weight excluding hydrogens is 298 g/mol. The highest BCUT2D eigenvalue weighted by atomic mass is 16.5. The molecule has 0 saturated heterocycles. The van der Waals surface area contributed by atoms with Crippen molar-refractivity contribution in [2.75, 3.05) is 6.61 Å². The van der Waals surface area contributed by atoms with Gasteiger partial charge in [-0.1, -0.05) is 36.4 Å². The highest BCUT2D eigenvalue weighted by molar-refractivity contribution is 5.76. The molecule has 2 aromatic carbocycles. The van der Waals surface area contributed by atoms with E-state index in [1.165, 1.54) is 36.0 Å². The topological polar surface area (TPSA) is 38.3 Å². The molecule has 1 aliphatic carbocycles. The van der Waals surface area contributed by atoms with Crippen LogP contribution in [0.1, 0.15) is 48.9 Å². The van der Waals surface area contributed by atoms with Crippen molar-refractivity contribution in [1.29, 1.82) is 0 Å². The maximum atomic E-state index is 12.1. The summed E-state index contributed by atoms with van der Waals surface area (Å²) in [5, 5.41) is 3.09. The minimum atomic E-state index is 0.0541. The normalized spacial score (nSPS) is 14.0. The lowest BCUT2D eigenvalue weighted by molar-refractivity contribution is -0.121. The second kappa shape index (κ2) is 8.00. The number of hydrogen-bond donors (Lipinski definition) is 1. The predicted molar refractivity (Wildman–Crippen MR) is 96.2 cm³/mol. The average Bonchev–Trinajstić information content (AvgIpc) is 3.07. The smallest absolute Gasteiger partial charge is 0.220 e. The summed E-state index contributed by atoms with van der Waals surface area (Å²) < 4.78 is 5.62. The maximum Gasteiger partial charge on any atom is 0.220 e. The largest absolute Gasteiger partial charge is 0.494 e. The first-order valence-electron chi connectivity index (χ1n) is 8.81. The van der Waals surface area contributed by atoms with Crippen molar-refractivity contribution >= 4 is 5.91 Å². The van der Waals surface area contributed by atoms with E-state index in [9.17, 15) is 4.79 Å². The lowest BCUT2D eigenvalue weighted by Crippen LogP contribution is -2.26. The molecule has 0 radical (unpaired) electrons. The van der Waals surface area contributed by atoms with E-state index in [0.717, 1.165) is 12.2 Å². The second-order valence-corrected chi connectivity index (χ2v) is 6.44. The Bertz CT molecular complexity index is 681. The Labute approximate surface area is 144 Å². The van der Waals surface area contributed by atoms with E-state index in [-0.39, 0.29) is 11.9 Å². The van der Waals surface area contributed by atoms with Crippen LogP contribution in [0.15, 0.2) is 48.5 Å². The molecule has 1 atom stereocenters. The lowest BCUT2D eigenvalue weighted by atomic mass is 10.0. The summed E-state index contributed by atoms with van der Waals surface area (Å²) in [6, 6.07) is 16.4. The van der Waals surface area contributed by atoms with E-state index in [1.807, 2.05) is 30.3 Å². The highest BCUT2D eigenvalue weighted by Crippen LogP contribution is 2.25. The summed E-state index contributed by atoms with van der Waals surface area (Å²) in [5.41, 5.74) is 4.12. The Hall–Kier alpha value is -2.29. The Balaban J connectivity index is 1.41. The SMILES string of the molecule is C[C@H](NC(=O)CCCOc1ccccc1)c1ccc2c(c1)CCC2. The third-order valence-corrected chi connectivity index (χ3v) is 4.56. The number of fused-ring (bicyclic) bond motifs is 1. The molecule has 0 bridgehead atoms. The Morgan fingerprint density at radius 3 is 2.75 bits per heavy atom. The fourth-order valence-electron chi connectivity index (χ4n) is 3.20. The van der Waals surface area contributed by atoms with Gasteiger partial charge in [-0.2, -0.15) is 0 Å². The molecule has 0 aliphatic heterocycles. The summed E-state index contributed by atoms with van der Waals surface area (Å²) in [6.45, 7) is 2.61. The number of carbonyl (C=O) groups is 1. The van der Waals surface area contributed by atoms with E-state index < -0.39 is 0 Å². The zero-order valence-corrected chi connectivity index (χ0v) is 14.3. The van der Waals surface area contributed by atoms with Gasteiger partial charge < -0.3 is 10.1 Å². The van der Waals surface area contributed by atoms with Gasteiger partial charge >= 0.3 is 0 Å². The molecule has 0 aromatic heterocycles. The molecule has 0 heterocycles. The number of carbonyl (C=O) groups excluding carboxylic acids is 1. The molecule has 0 fully saturated rings. The summed E-state index contributed by atoms with van der Waals surface area (Å²) in [6.07, 6.45) is 4.82. The van der Waals surface area contributed by atoms with E-state index in [1.54, 1.807) is 0 Å². The van der Waals surface area contributed by atoms with E-state index in [4.69, 9.17) is 4.74 Å². The minimum Gasteiger partial charge on any atom is -0.494 e. The van der Waals surface area contributed by atoms with Gasteiger partial charge in [-0.25, -0.2) is 0 Å². The van der Waals surface area contributed by atoms with E-state index in [2.05, 4.69) is 30.4 Å². The molecule has 0 spiro atoms. The standard InChI is InChI=1S/C21H25NO2/c1-16(18-13-12-17-7-5-8-19(17)15-18)22-21(23)11-6-14-24-20-9-3-2-4-10-20/h2-4,9-10,12-13,15-16H,5-8,11,14H2,1H3,(H,22,23)/t16-/m0/s1. The number of para-hydroxylation sites is 1. The number of rotatable bonds is 7. The maximum absolute atomic E-state index is 12.1. The molecule has 3 heteroatoms. The third kappa shape index (κ3) is 4.38. The molecule has 0 saturated carbocycles. The van der Waals surface area contributed by atoms with Gasteiger partial charge in [0, 0.05) is 6.42 Å². The van der Waals surface area contributed by atoms with Crippen molar-refractivity contribution in [1.82, 2.24) is 5.32 Å². The molecule has 0 unspecified atom stereocenters. The number of aryl methyl sites for hydroxylation is 2. The summed E-state index contributed by atoms with van der Waals surface area (Å²) in [5.74, 6) is 0.934. The number of benzene rings is 2. The van der Waals surface area contributed by atoms with E-state index in [0.29, 0.717) is 13.0 Å². The van der Waals surface area contributed by atoms with Crippen LogP contribution in [0.5, 0.6) is 5.75 Å². The van der Waals surface area contributed by atoms with Gasteiger partial charge in [-0.15, -0.1) is 0 Å². The van der Waals surface area contributed by atoms with Crippen molar-refractivity contribution in [3.63, 3.8) is 0 Å². The quantitative estimate of drug-likeness (QED) is 0.775.